The first-order valence-electron chi connectivity index (χ1n) is 16.0. The first-order chi connectivity index (χ1) is 21.2. The summed E-state index contributed by atoms with van der Waals surface area (Å²) in [5, 5.41) is 19.6. The van der Waals surface area contributed by atoms with Gasteiger partial charge >= 0.3 is 5.97 Å². The minimum absolute atomic E-state index is 0.0441. The number of phenolic OH excluding ortho intramolecular Hbond substituents is 1. The van der Waals surface area contributed by atoms with Crippen molar-refractivity contribution in [1.82, 2.24) is 19.6 Å². The molecule has 8 heteroatoms. The molecule has 3 fully saturated rings. The third-order valence-corrected chi connectivity index (χ3v) is 9.59. The molecule has 3 aliphatic rings. The fourth-order valence-corrected chi connectivity index (χ4v) is 6.89. The standard InChI is InChI=1S/C36H44N4O4/c1-25-22-40(26(2)21-39(25)24-28-9-10-28)34(31-6-4-8-33(41)20-31)30-5-3-7-32(19-30)35(42)38-17-15-37(16-18-38)23-27-11-13-29(14-12-27)36(43)44/h3-8,11-14,19-20,25-26,28,34,41H,9-10,15-18,21-24H2,1-2H3,(H,43,44)/t25-,26-,34?/m1/s1. The predicted octanol–water partition coefficient (Wildman–Crippen LogP) is 4.94. The number of phenols is 1. The molecule has 6 rings (SSSR count). The van der Waals surface area contributed by atoms with E-state index in [-0.39, 0.29) is 23.3 Å². The maximum absolute atomic E-state index is 13.8. The summed E-state index contributed by atoms with van der Waals surface area (Å²) < 4.78 is 0. The molecule has 0 spiro atoms. The van der Waals surface area contributed by atoms with E-state index in [4.69, 9.17) is 5.11 Å². The number of carboxylic acid groups (broad SMARTS) is 1. The molecule has 232 valence electrons. The lowest BCUT2D eigenvalue weighted by molar-refractivity contribution is 0.0215. The van der Waals surface area contributed by atoms with Crippen molar-refractivity contribution >= 4 is 11.9 Å². The highest BCUT2D eigenvalue weighted by atomic mass is 16.4. The van der Waals surface area contributed by atoms with Crippen molar-refractivity contribution in [2.75, 3.05) is 45.8 Å². The fourth-order valence-electron chi connectivity index (χ4n) is 6.89. The van der Waals surface area contributed by atoms with Gasteiger partial charge in [-0.05, 0) is 85.7 Å². The highest BCUT2D eigenvalue weighted by Crippen LogP contribution is 2.37. The SMILES string of the molecule is C[C@@H]1CN(C(c2cccc(O)c2)c2cccc(C(=O)N3CCN(Cc4ccc(C(=O)O)cc4)CC3)c2)[C@H](C)CN1CC1CC1. The number of aromatic carboxylic acids is 1. The lowest BCUT2D eigenvalue weighted by Crippen LogP contribution is -2.57. The van der Waals surface area contributed by atoms with Gasteiger partial charge in [-0.15, -0.1) is 0 Å². The molecule has 0 aromatic heterocycles. The molecule has 2 heterocycles. The van der Waals surface area contributed by atoms with Crippen LogP contribution in [0.5, 0.6) is 5.75 Å². The van der Waals surface area contributed by atoms with Gasteiger partial charge in [-0.2, -0.15) is 0 Å². The molecule has 44 heavy (non-hydrogen) atoms. The smallest absolute Gasteiger partial charge is 0.335 e. The molecular formula is C36H44N4O4. The number of benzene rings is 3. The van der Waals surface area contributed by atoms with Gasteiger partial charge in [-0.25, -0.2) is 4.79 Å². The molecule has 3 aromatic carbocycles. The maximum Gasteiger partial charge on any atom is 0.335 e. The van der Waals surface area contributed by atoms with Crippen LogP contribution < -0.4 is 0 Å². The van der Waals surface area contributed by atoms with Crippen LogP contribution in [0.1, 0.15) is 70.1 Å². The van der Waals surface area contributed by atoms with Crippen molar-refractivity contribution in [1.29, 1.82) is 0 Å². The Bertz CT molecular complexity index is 1460. The van der Waals surface area contributed by atoms with E-state index in [2.05, 4.69) is 46.7 Å². The van der Waals surface area contributed by atoms with E-state index in [9.17, 15) is 14.7 Å². The Morgan fingerprint density at radius 1 is 0.818 bits per heavy atom. The van der Waals surface area contributed by atoms with Gasteiger partial charge in [0.05, 0.1) is 11.6 Å². The molecule has 2 aliphatic heterocycles. The molecule has 3 atom stereocenters. The highest BCUT2D eigenvalue weighted by molar-refractivity contribution is 5.94. The van der Waals surface area contributed by atoms with Gasteiger partial charge in [0.15, 0.2) is 0 Å². The number of hydrogen-bond donors (Lipinski definition) is 2. The van der Waals surface area contributed by atoms with Crippen molar-refractivity contribution in [3.63, 3.8) is 0 Å². The van der Waals surface area contributed by atoms with Gasteiger partial charge in [-0.1, -0.05) is 36.4 Å². The number of carboxylic acids is 1. The summed E-state index contributed by atoms with van der Waals surface area (Å²) in [6.07, 6.45) is 2.71. The summed E-state index contributed by atoms with van der Waals surface area (Å²) in [6, 6.07) is 23.4. The lowest BCUT2D eigenvalue weighted by atomic mass is 9.92. The Morgan fingerprint density at radius 3 is 2.16 bits per heavy atom. The zero-order valence-corrected chi connectivity index (χ0v) is 25.8. The van der Waals surface area contributed by atoms with Crippen LogP contribution in [0.25, 0.3) is 0 Å². The third-order valence-electron chi connectivity index (χ3n) is 9.59. The van der Waals surface area contributed by atoms with E-state index >= 15 is 0 Å². The Morgan fingerprint density at radius 2 is 1.50 bits per heavy atom. The maximum atomic E-state index is 13.8. The van der Waals surface area contributed by atoms with E-state index in [0.29, 0.717) is 30.7 Å². The van der Waals surface area contributed by atoms with Crippen LogP contribution in [-0.2, 0) is 6.54 Å². The number of amides is 1. The number of nitrogens with zero attached hydrogens (tertiary/aromatic N) is 4. The van der Waals surface area contributed by atoms with E-state index in [1.165, 1.54) is 19.4 Å². The molecular weight excluding hydrogens is 552 g/mol. The summed E-state index contributed by atoms with van der Waals surface area (Å²) in [5.74, 6) is 0.232. The van der Waals surface area contributed by atoms with Crippen molar-refractivity contribution < 1.29 is 19.8 Å². The number of hydrogen-bond acceptors (Lipinski definition) is 6. The minimum atomic E-state index is -0.920. The Labute approximate surface area is 260 Å². The quantitative estimate of drug-likeness (QED) is 0.362. The van der Waals surface area contributed by atoms with Crippen LogP contribution in [0.2, 0.25) is 0 Å². The molecule has 8 nitrogen and oxygen atoms in total. The molecule has 1 saturated carbocycles. The monoisotopic (exact) mass is 596 g/mol. The van der Waals surface area contributed by atoms with E-state index < -0.39 is 5.97 Å². The Balaban J connectivity index is 1.16. The first-order valence-corrected chi connectivity index (χ1v) is 16.0. The largest absolute Gasteiger partial charge is 0.508 e. The molecule has 0 radical (unpaired) electrons. The third kappa shape index (κ3) is 6.98. The Kier molecular flexibility index (Phi) is 9.03. The van der Waals surface area contributed by atoms with E-state index in [1.54, 1.807) is 18.2 Å². The average Bonchev–Trinajstić information content (AvgIpc) is 3.84. The average molecular weight is 597 g/mol. The zero-order valence-electron chi connectivity index (χ0n) is 25.8. The van der Waals surface area contributed by atoms with Crippen molar-refractivity contribution in [2.24, 2.45) is 5.92 Å². The van der Waals surface area contributed by atoms with Crippen LogP contribution in [0.4, 0.5) is 0 Å². The molecule has 1 amide bonds. The first kappa shape index (κ1) is 30.3. The number of carbonyl (C=O) groups excluding carboxylic acids is 1. The summed E-state index contributed by atoms with van der Waals surface area (Å²) in [7, 11) is 0. The minimum Gasteiger partial charge on any atom is -0.508 e. The number of rotatable bonds is 9. The van der Waals surface area contributed by atoms with Crippen LogP contribution in [0, 0.1) is 5.92 Å². The van der Waals surface area contributed by atoms with Gasteiger partial charge in [0.1, 0.15) is 5.75 Å². The van der Waals surface area contributed by atoms with Crippen LogP contribution in [0.3, 0.4) is 0 Å². The van der Waals surface area contributed by atoms with Crippen LogP contribution >= 0.6 is 0 Å². The van der Waals surface area contributed by atoms with E-state index in [1.807, 2.05) is 41.3 Å². The molecule has 1 unspecified atom stereocenters. The Hall–Kier alpha value is -3.72. The molecule has 2 N–H and O–H groups in total. The second-order valence-electron chi connectivity index (χ2n) is 13.0. The molecule has 3 aromatic rings. The molecule has 1 aliphatic carbocycles. The number of aromatic hydroxyl groups is 1. The van der Waals surface area contributed by atoms with Crippen LogP contribution in [-0.4, -0.2) is 99.6 Å². The van der Waals surface area contributed by atoms with Crippen molar-refractivity contribution in [2.45, 2.75) is 51.4 Å². The van der Waals surface area contributed by atoms with Gasteiger partial charge < -0.3 is 15.1 Å². The van der Waals surface area contributed by atoms with Gasteiger partial charge in [-0.3, -0.25) is 19.5 Å². The van der Waals surface area contributed by atoms with Gasteiger partial charge in [0.25, 0.3) is 5.91 Å². The van der Waals surface area contributed by atoms with Gasteiger partial charge in [0, 0.05) is 70.0 Å². The molecule has 2 saturated heterocycles. The number of piperazine rings is 2. The highest BCUT2D eigenvalue weighted by Gasteiger charge is 2.37. The second kappa shape index (κ2) is 13.1. The topological polar surface area (TPSA) is 87.6 Å². The normalized spacial score (nSPS) is 22.5. The van der Waals surface area contributed by atoms with Crippen molar-refractivity contribution in [3.05, 3.63) is 101 Å². The van der Waals surface area contributed by atoms with Crippen LogP contribution in [0.15, 0.2) is 72.8 Å². The summed E-state index contributed by atoms with van der Waals surface area (Å²) in [5.41, 5.74) is 4.15. The fraction of sp³-hybridized carbons (Fsp3) is 0.444. The predicted molar refractivity (Wildman–Crippen MR) is 171 cm³/mol. The lowest BCUT2D eigenvalue weighted by Gasteiger charge is -2.48. The van der Waals surface area contributed by atoms with E-state index in [0.717, 1.165) is 55.3 Å². The zero-order chi connectivity index (χ0) is 30.8. The molecule has 0 bridgehead atoms. The summed E-state index contributed by atoms with van der Waals surface area (Å²) in [4.78, 5) is 34.4. The summed E-state index contributed by atoms with van der Waals surface area (Å²) >= 11 is 0. The van der Waals surface area contributed by atoms with Gasteiger partial charge in [0.2, 0.25) is 0 Å². The second-order valence-corrected chi connectivity index (χ2v) is 13.0. The summed E-state index contributed by atoms with van der Waals surface area (Å²) in [6.45, 7) is 11.3. The number of carbonyl (C=O) groups is 2. The van der Waals surface area contributed by atoms with Crippen molar-refractivity contribution in [3.8, 4) is 5.75 Å².